The molecule has 2 amide bonds. The van der Waals surface area contributed by atoms with Crippen LogP contribution in [0.15, 0.2) is 91.1 Å². The predicted molar refractivity (Wildman–Crippen MR) is 131 cm³/mol. The summed E-state index contributed by atoms with van der Waals surface area (Å²) in [5, 5.41) is 10.5. The van der Waals surface area contributed by atoms with Gasteiger partial charge in [0.1, 0.15) is 5.69 Å². The molecule has 3 aromatic carbocycles. The molecule has 0 spiro atoms. The van der Waals surface area contributed by atoms with Gasteiger partial charge in [0.05, 0.1) is 11.3 Å². The zero-order valence-corrected chi connectivity index (χ0v) is 18.9. The van der Waals surface area contributed by atoms with Crippen LogP contribution in [-0.4, -0.2) is 27.1 Å². The quantitative estimate of drug-likeness (QED) is 0.443. The molecule has 0 unspecified atom stereocenters. The second-order valence-electron chi connectivity index (χ2n) is 8.77. The summed E-state index contributed by atoms with van der Waals surface area (Å²) in [5.41, 5.74) is 3.58. The highest BCUT2D eigenvalue weighted by molar-refractivity contribution is 6.08. The van der Waals surface area contributed by atoms with E-state index >= 15 is 0 Å². The Morgan fingerprint density at radius 2 is 1.39 bits per heavy atom. The fourth-order valence-electron chi connectivity index (χ4n) is 3.38. The van der Waals surface area contributed by atoms with Crippen molar-refractivity contribution in [2.75, 3.05) is 5.32 Å². The van der Waals surface area contributed by atoms with Crippen molar-refractivity contribution in [2.45, 2.75) is 26.3 Å². The highest BCUT2D eigenvalue weighted by Crippen LogP contribution is 2.25. The number of nitrogens with one attached hydrogen (secondary N) is 2. The highest BCUT2D eigenvalue weighted by Gasteiger charge is 2.19. The van der Waals surface area contributed by atoms with Crippen LogP contribution in [0.5, 0.6) is 0 Å². The van der Waals surface area contributed by atoms with Gasteiger partial charge in [-0.15, -0.1) is 0 Å². The van der Waals surface area contributed by atoms with Crippen molar-refractivity contribution in [2.24, 2.45) is 0 Å². The number of para-hydroxylation sites is 1. The summed E-state index contributed by atoms with van der Waals surface area (Å²) in [6.45, 7) is 5.79. The van der Waals surface area contributed by atoms with Crippen LogP contribution in [0.1, 0.15) is 41.5 Å². The van der Waals surface area contributed by atoms with E-state index in [1.165, 1.54) is 0 Å². The standard InChI is InChI=1S/C27H26N4O2/c1-27(2,3)29-25(32)20-14-16-21(17-15-20)28-26(33)23-18-31(22-12-8-5-9-13-22)30-24(23)19-10-6-4-7-11-19/h4-18H,1-3H3,(H,28,33)(H,29,32). The van der Waals surface area contributed by atoms with Crippen LogP contribution in [-0.2, 0) is 0 Å². The molecule has 0 radical (unpaired) electrons. The van der Waals surface area contributed by atoms with Crippen molar-refractivity contribution in [1.29, 1.82) is 0 Å². The van der Waals surface area contributed by atoms with E-state index in [0.717, 1.165) is 11.3 Å². The Kier molecular flexibility index (Phi) is 6.09. The molecule has 0 aliphatic carbocycles. The van der Waals surface area contributed by atoms with Gasteiger partial charge in [-0.3, -0.25) is 9.59 Å². The Balaban J connectivity index is 1.60. The van der Waals surface area contributed by atoms with E-state index in [1.807, 2.05) is 81.4 Å². The number of hydrogen-bond donors (Lipinski definition) is 2. The third-order valence-electron chi connectivity index (χ3n) is 4.92. The highest BCUT2D eigenvalue weighted by atomic mass is 16.2. The van der Waals surface area contributed by atoms with Crippen LogP contribution in [0.3, 0.4) is 0 Å². The largest absolute Gasteiger partial charge is 0.347 e. The molecule has 4 rings (SSSR count). The van der Waals surface area contributed by atoms with Gasteiger partial charge < -0.3 is 10.6 Å². The number of carbonyl (C=O) groups is 2. The lowest BCUT2D eigenvalue weighted by molar-refractivity contribution is 0.0919. The molecule has 6 heteroatoms. The summed E-state index contributed by atoms with van der Waals surface area (Å²) in [6, 6.07) is 26.1. The number of carbonyl (C=O) groups excluding carboxylic acids is 2. The molecule has 0 atom stereocenters. The summed E-state index contributed by atoms with van der Waals surface area (Å²) in [7, 11) is 0. The Morgan fingerprint density at radius 1 is 0.788 bits per heavy atom. The lowest BCUT2D eigenvalue weighted by Gasteiger charge is -2.20. The van der Waals surface area contributed by atoms with Gasteiger partial charge in [-0.1, -0.05) is 48.5 Å². The first-order valence-electron chi connectivity index (χ1n) is 10.7. The monoisotopic (exact) mass is 438 g/mol. The number of amides is 2. The molecule has 0 fully saturated rings. The zero-order valence-electron chi connectivity index (χ0n) is 18.9. The van der Waals surface area contributed by atoms with E-state index in [0.29, 0.717) is 22.5 Å². The number of rotatable bonds is 5. The van der Waals surface area contributed by atoms with Crippen molar-refractivity contribution in [3.05, 3.63) is 102 Å². The van der Waals surface area contributed by atoms with Gasteiger partial charge in [-0.25, -0.2) is 4.68 Å². The van der Waals surface area contributed by atoms with E-state index < -0.39 is 0 Å². The van der Waals surface area contributed by atoms with Crippen molar-refractivity contribution >= 4 is 17.5 Å². The molecule has 6 nitrogen and oxygen atoms in total. The van der Waals surface area contributed by atoms with Gasteiger partial charge in [-0.2, -0.15) is 5.10 Å². The minimum Gasteiger partial charge on any atom is -0.347 e. The van der Waals surface area contributed by atoms with Crippen LogP contribution < -0.4 is 10.6 Å². The molecular formula is C27H26N4O2. The first kappa shape index (κ1) is 22.0. The van der Waals surface area contributed by atoms with Crippen LogP contribution in [0.25, 0.3) is 16.9 Å². The molecule has 1 aromatic heterocycles. The van der Waals surface area contributed by atoms with Gasteiger partial charge in [0.25, 0.3) is 11.8 Å². The Morgan fingerprint density at radius 3 is 2.00 bits per heavy atom. The molecule has 33 heavy (non-hydrogen) atoms. The Bertz CT molecular complexity index is 1260. The smallest absolute Gasteiger partial charge is 0.259 e. The lowest BCUT2D eigenvalue weighted by atomic mass is 10.1. The molecule has 166 valence electrons. The normalized spacial score (nSPS) is 11.1. The van der Waals surface area contributed by atoms with E-state index in [9.17, 15) is 9.59 Å². The van der Waals surface area contributed by atoms with Crippen LogP contribution in [0.2, 0.25) is 0 Å². The maximum atomic E-state index is 13.2. The van der Waals surface area contributed by atoms with Crippen LogP contribution >= 0.6 is 0 Å². The van der Waals surface area contributed by atoms with E-state index in [1.54, 1.807) is 35.1 Å². The second-order valence-corrected chi connectivity index (χ2v) is 8.77. The second kappa shape index (κ2) is 9.12. The van der Waals surface area contributed by atoms with Gasteiger partial charge >= 0.3 is 0 Å². The molecule has 0 bridgehead atoms. The van der Waals surface area contributed by atoms with Crippen LogP contribution in [0.4, 0.5) is 5.69 Å². The maximum absolute atomic E-state index is 13.2. The summed E-state index contributed by atoms with van der Waals surface area (Å²) >= 11 is 0. The number of hydrogen-bond acceptors (Lipinski definition) is 3. The number of benzene rings is 3. The Hall–Kier alpha value is -4.19. The SMILES string of the molecule is CC(C)(C)NC(=O)c1ccc(NC(=O)c2cn(-c3ccccc3)nc2-c2ccccc2)cc1. The summed E-state index contributed by atoms with van der Waals surface area (Å²) in [4.78, 5) is 25.6. The van der Waals surface area contributed by atoms with Crippen molar-refractivity contribution in [3.8, 4) is 16.9 Å². The fourth-order valence-corrected chi connectivity index (χ4v) is 3.38. The van der Waals surface area contributed by atoms with E-state index in [4.69, 9.17) is 0 Å². The molecule has 0 aliphatic heterocycles. The number of nitrogens with zero attached hydrogens (tertiary/aromatic N) is 2. The van der Waals surface area contributed by atoms with Crippen molar-refractivity contribution < 1.29 is 9.59 Å². The average Bonchev–Trinajstić information content (AvgIpc) is 3.25. The van der Waals surface area contributed by atoms with Gasteiger partial charge in [0.15, 0.2) is 0 Å². The van der Waals surface area contributed by atoms with Crippen LogP contribution in [0, 0.1) is 0 Å². The van der Waals surface area contributed by atoms with Gasteiger partial charge in [-0.05, 0) is 57.2 Å². The maximum Gasteiger partial charge on any atom is 0.259 e. The molecule has 1 heterocycles. The molecule has 2 N–H and O–H groups in total. The predicted octanol–water partition coefficient (Wildman–Crippen LogP) is 5.32. The third kappa shape index (κ3) is 5.36. The van der Waals surface area contributed by atoms with Gasteiger partial charge in [0, 0.05) is 28.6 Å². The number of aromatic nitrogens is 2. The van der Waals surface area contributed by atoms with Crippen molar-refractivity contribution in [1.82, 2.24) is 15.1 Å². The summed E-state index contributed by atoms with van der Waals surface area (Å²) in [6.07, 6.45) is 1.73. The van der Waals surface area contributed by atoms with E-state index in [-0.39, 0.29) is 17.4 Å². The zero-order chi connectivity index (χ0) is 23.4. The molecule has 0 aliphatic rings. The third-order valence-corrected chi connectivity index (χ3v) is 4.92. The Labute approximate surface area is 193 Å². The van der Waals surface area contributed by atoms with Gasteiger partial charge in [0.2, 0.25) is 0 Å². The average molecular weight is 439 g/mol. The minimum absolute atomic E-state index is 0.157. The van der Waals surface area contributed by atoms with E-state index in [2.05, 4.69) is 15.7 Å². The van der Waals surface area contributed by atoms with Crippen molar-refractivity contribution in [3.63, 3.8) is 0 Å². The summed E-state index contributed by atoms with van der Waals surface area (Å²) < 4.78 is 1.71. The molecule has 0 saturated carbocycles. The lowest BCUT2D eigenvalue weighted by Crippen LogP contribution is -2.40. The molecular weight excluding hydrogens is 412 g/mol. The molecule has 0 saturated heterocycles. The topological polar surface area (TPSA) is 76.0 Å². The number of anilines is 1. The first-order chi connectivity index (χ1) is 15.8. The molecule has 4 aromatic rings. The fraction of sp³-hybridized carbons (Fsp3) is 0.148. The summed E-state index contributed by atoms with van der Waals surface area (Å²) in [5.74, 6) is -0.432. The minimum atomic E-state index is -0.323. The first-order valence-corrected chi connectivity index (χ1v) is 10.7.